The Morgan fingerprint density at radius 1 is 1.15 bits per heavy atom. The monoisotopic (exact) mass is 305 g/mol. The number of halogens is 1. The Morgan fingerprint density at radius 3 is 2.40 bits per heavy atom. The number of nitrogens with zero attached hydrogens (tertiary/aromatic N) is 1. The molecule has 0 aromatic carbocycles. The zero-order valence-electron chi connectivity index (χ0n) is 11.6. The Kier molecular flexibility index (Phi) is 2.86. The molecule has 3 heterocycles. The normalized spacial score (nSPS) is 44.5. The summed E-state index contributed by atoms with van der Waals surface area (Å²) in [6.07, 6.45) is -0.679. The van der Waals surface area contributed by atoms with Crippen molar-refractivity contribution in [3.05, 3.63) is 16.9 Å². The molecular formula is C12H16ClNO6. The fraction of sp³-hybridized carbons (Fsp3) is 0.833. The van der Waals surface area contributed by atoms with Crippen LogP contribution in [0.4, 0.5) is 0 Å². The Balaban J connectivity index is 1.88. The minimum absolute atomic E-state index is 0.400. The van der Waals surface area contributed by atoms with Crippen LogP contribution in [0.15, 0.2) is 17.2 Å². The second-order valence-corrected chi connectivity index (χ2v) is 6.44. The van der Waals surface area contributed by atoms with Gasteiger partial charge >= 0.3 is 5.18 Å². The van der Waals surface area contributed by atoms with Gasteiger partial charge in [0.05, 0.1) is 0 Å². The second kappa shape index (κ2) is 4.07. The first-order valence-electron chi connectivity index (χ1n) is 6.30. The largest absolute Gasteiger partial charge is 0.457 e. The van der Waals surface area contributed by atoms with Gasteiger partial charge in [0.15, 0.2) is 23.8 Å². The molecule has 0 saturated carbocycles. The van der Waals surface area contributed by atoms with Gasteiger partial charge in [0.1, 0.15) is 12.4 Å². The predicted molar refractivity (Wildman–Crippen MR) is 67.4 cm³/mol. The minimum Gasteiger partial charge on any atom is -0.457 e. The molecule has 7 nitrogen and oxygen atoms in total. The summed E-state index contributed by atoms with van der Waals surface area (Å²) in [5.74, 6) is -1.27. The maximum Gasteiger partial charge on any atom is 0.306 e. The molecule has 2 fully saturated rings. The van der Waals surface area contributed by atoms with E-state index in [9.17, 15) is 4.91 Å². The van der Waals surface area contributed by atoms with Crippen LogP contribution < -0.4 is 0 Å². The predicted octanol–water partition coefficient (Wildman–Crippen LogP) is 2.19. The maximum absolute atomic E-state index is 11.0. The van der Waals surface area contributed by atoms with Crippen LogP contribution in [0.3, 0.4) is 0 Å². The van der Waals surface area contributed by atoms with E-state index in [4.69, 9.17) is 35.3 Å². The highest BCUT2D eigenvalue weighted by Gasteiger charge is 2.66. The molecule has 0 radical (unpaired) electrons. The van der Waals surface area contributed by atoms with Crippen molar-refractivity contribution in [3.63, 3.8) is 0 Å². The zero-order valence-corrected chi connectivity index (χ0v) is 12.3. The van der Waals surface area contributed by atoms with E-state index in [1.54, 1.807) is 27.7 Å². The van der Waals surface area contributed by atoms with Crippen molar-refractivity contribution in [1.82, 2.24) is 0 Å². The van der Waals surface area contributed by atoms with Crippen LogP contribution in [0.2, 0.25) is 0 Å². The quantitative estimate of drug-likeness (QED) is 0.442. The van der Waals surface area contributed by atoms with Gasteiger partial charge in [-0.2, -0.15) is 0 Å². The molecule has 3 rings (SSSR count). The molecule has 0 spiro atoms. The van der Waals surface area contributed by atoms with E-state index in [2.05, 4.69) is 5.18 Å². The van der Waals surface area contributed by atoms with Crippen LogP contribution in [-0.2, 0) is 23.7 Å². The lowest BCUT2D eigenvalue weighted by Crippen LogP contribution is -2.36. The SMILES string of the molecule is CC1(C)OC=C([C@H]2O[C@@](Cl)(N=O)[C@H]3OC(C)(C)O[C@@H]23)O1. The number of ether oxygens (including phenoxy) is 5. The summed E-state index contributed by atoms with van der Waals surface area (Å²) in [7, 11) is 0. The van der Waals surface area contributed by atoms with E-state index in [0.29, 0.717) is 5.76 Å². The van der Waals surface area contributed by atoms with Gasteiger partial charge in [-0.1, -0.05) is 11.6 Å². The third-order valence-corrected chi connectivity index (χ3v) is 3.67. The van der Waals surface area contributed by atoms with Gasteiger partial charge in [-0.15, -0.1) is 4.91 Å². The number of hydrogen-bond donors (Lipinski definition) is 0. The number of fused-ring (bicyclic) bond motifs is 1. The van der Waals surface area contributed by atoms with Crippen molar-refractivity contribution < 1.29 is 23.7 Å². The van der Waals surface area contributed by atoms with Gasteiger partial charge in [0.2, 0.25) is 5.79 Å². The first-order chi connectivity index (χ1) is 9.16. The van der Waals surface area contributed by atoms with Gasteiger partial charge < -0.3 is 23.7 Å². The molecule has 0 N–H and O–H groups in total. The van der Waals surface area contributed by atoms with Crippen molar-refractivity contribution in [2.45, 2.75) is 62.8 Å². The van der Waals surface area contributed by atoms with Crippen LogP contribution in [0.1, 0.15) is 27.7 Å². The van der Waals surface area contributed by atoms with Crippen molar-refractivity contribution in [3.8, 4) is 0 Å². The third-order valence-electron chi connectivity index (χ3n) is 3.30. The molecule has 8 heteroatoms. The number of nitroso groups, excluding NO2 is 1. The Labute approximate surface area is 121 Å². The molecule has 0 unspecified atom stereocenters. The van der Waals surface area contributed by atoms with E-state index in [1.165, 1.54) is 6.26 Å². The summed E-state index contributed by atoms with van der Waals surface area (Å²) in [6, 6.07) is 0. The lowest BCUT2D eigenvalue weighted by molar-refractivity contribution is -0.196. The number of alkyl halides is 1. The molecule has 0 aromatic rings. The lowest BCUT2D eigenvalue weighted by atomic mass is 10.1. The van der Waals surface area contributed by atoms with Crippen molar-refractivity contribution in [2.75, 3.05) is 0 Å². The Morgan fingerprint density at radius 2 is 1.85 bits per heavy atom. The number of rotatable bonds is 2. The van der Waals surface area contributed by atoms with Gasteiger partial charge in [0, 0.05) is 13.8 Å². The van der Waals surface area contributed by atoms with Crippen LogP contribution in [0.5, 0.6) is 0 Å². The van der Waals surface area contributed by atoms with Crippen LogP contribution in [-0.4, -0.2) is 35.1 Å². The fourth-order valence-electron chi connectivity index (χ4n) is 2.55. The van der Waals surface area contributed by atoms with Crippen molar-refractivity contribution >= 4 is 11.6 Å². The molecule has 0 aliphatic carbocycles. The van der Waals surface area contributed by atoms with Crippen molar-refractivity contribution in [1.29, 1.82) is 0 Å². The highest BCUT2D eigenvalue weighted by Crippen LogP contribution is 2.49. The first kappa shape index (κ1) is 14.1. The second-order valence-electron chi connectivity index (χ2n) is 5.90. The fourth-order valence-corrected chi connectivity index (χ4v) is 2.81. The van der Waals surface area contributed by atoms with E-state index < -0.39 is 35.1 Å². The number of hydrogen-bond acceptors (Lipinski definition) is 7. The molecule has 4 atom stereocenters. The molecule has 20 heavy (non-hydrogen) atoms. The van der Waals surface area contributed by atoms with Gasteiger partial charge in [-0.3, -0.25) is 0 Å². The maximum atomic E-state index is 11.0. The van der Waals surface area contributed by atoms with Crippen LogP contribution in [0.25, 0.3) is 0 Å². The molecule has 3 aliphatic rings. The Hall–Kier alpha value is -0.890. The van der Waals surface area contributed by atoms with E-state index >= 15 is 0 Å². The average Bonchev–Trinajstić information content (AvgIpc) is 2.92. The molecule has 0 amide bonds. The summed E-state index contributed by atoms with van der Waals surface area (Å²) < 4.78 is 27.9. The van der Waals surface area contributed by atoms with Crippen LogP contribution >= 0.6 is 11.6 Å². The first-order valence-corrected chi connectivity index (χ1v) is 6.67. The Bertz CT molecular complexity index is 479. The summed E-state index contributed by atoms with van der Waals surface area (Å²) in [6.45, 7) is 6.97. The summed E-state index contributed by atoms with van der Waals surface area (Å²) in [4.78, 5) is 11.0. The minimum atomic E-state index is -1.83. The highest BCUT2D eigenvalue weighted by atomic mass is 35.5. The molecule has 2 saturated heterocycles. The van der Waals surface area contributed by atoms with Crippen molar-refractivity contribution in [2.24, 2.45) is 5.18 Å². The van der Waals surface area contributed by atoms with Gasteiger partial charge in [0.25, 0.3) is 0 Å². The third kappa shape index (κ3) is 2.09. The smallest absolute Gasteiger partial charge is 0.306 e. The van der Waals surface area contributed by atoms with E-state index in [1.807, 2.05) is 0 Å². The molecule has 3 aliphatic heterocycles. The summed E-state index contributed by atoms with van der Waals surface area (Å²) in [5, 5.41) is 1.02. The van der Waals surface area contributed by atoms with Crippen LogP contribution in [0, 0.1) is 4.91 Å². The topological polar surface area (TPSA) is 75.6 Å². The molecule has 0 aromatic heterocycles. The average molecular weight is 306 g/mol. The summed E-state index contributed by atoms with van der Waals surface area (Å²) in [5.41, 5.74) is 0. The van der Waals surface area contributed by atoms with E-state index in [-0.39, 0.29) is 0 Å². The standard InChI is InChI=1S/C12H16ClNO6/c1-10(2)16-5-6(17-10)7-8-9(12(13,14-15)19-7)20-11(3,4)18-8/h5,7-9H,1-4H3/t7-,8+,9+,12+/m1/s1. The molecular weight excluding hydrogens is 290 g/mol. The van der Waals surface area contributed by atoms with E-state index in [0.717, 1.165) is 0 Å². The zero-order chi connectivity index (χ0) is 14.8. The summed E-state index contributed by atoms with van der Waals surface area (Å²) >= 11 is 6.10. The van der Waals surface area contributed by atoms with Gasteiger partial charge in [-0.25, -0.2) is 0 Å². The highest BCUT2D eigenvalue weighted by molar-refractivity contribution is 6.23. The molecule has 112 valence electrons. The van der Waals surface area contributed by atoms with Gasteiger partial charge in [-0.05, 0) is 19.0 Å². The lowest BCUT2D eigenvalue weighted by Gasteiger charge is -2.25. The molecule has 0 bridgehead atoms.